The Labute approximate surface area is 80.1 Å². The Bertz CT molecular complexity index is 240. The number of hydrogen-bond acceptors (Lipinski definition) is 2. The number of nitrogens with zero attached hydrogens (tertiary/aromatic N) is 2. The summed E-state index contributed by atoms with van der Waals surface area (Å²) in [4.78, 5) is 0. The molecule has 0 unspecified atom stereocenters. The second-order valence-electron chi connectivity index (χ2n) is 3.70. The van der Waals surface area contributed by atoms with Crippen molar-refractivity contribution < 1.29 is 0 Å². The molecule has 0 aliphatic heterocycles. The van der Waals surface area contributed by atoms with Crippen LogP contribution in [-0.4, -0.2) is 16.3 Å². The summed E-state index contributed by atoms with van der Waals surface area (Å²) in [7, 11) is 0. The predicted molar refractivity (Wildman–Crippen MR) is 54.4 cm³/mol. The Balaban J connectivity index is 2.44. The third kappa shape index (κ3) is 3.59. The van der Waals surface area contributed by atoms with E-state index in [-0.39, 0.29) is 0 Å². The summed E-state index contributed by atoms with van der Waals surface area (Å²) in [5.41, 5.74) is 1.13. The predicted octanol–water partition coefficient (Wildman–Crippen LogP) is 1.65. The van der Waals surface area contributed by atoms with Crippen LogP contribution in [0.3, 0.4) is 0 Å². The van der Waals surface area contributed by atoms with Crippen LogP contribution in [0.5, 0.6) is 0 Å². The molecular formula is C10H19N3. The van der Waals surface area contributed by atoms with E-state index in [0.29, 0.717) is 5.92 Å². The van der Waals surface area contributed by atoms with E-state index in [1.54, 1.807) is 0 Å². The van der Waals surface area contributed by atoms with Crippen LogP contribution in [0.15, 0.2) is 12.3 Å². The summed E-state index contributed by atoms with van der Waals surface area (Å²) >= 11 is 0. The highest BCUT2D eigenvalue weighted by atomic mass is 15.3. The molecule has 0 aliphatic carbocycles. The largest absolute Gasteiger partial charge is 0.311 e. The van der Waals surface area contributed by atoms with Crippen molar-refractivity contribution in [3.8, 4) is 0 Å². The lowest BCUT2D eigenvalue weighted by atomic mass is 10.2. The van der Waals surface area contributed by atoms with Crippen LogP contribution in [0.4, 0.5) is 0 Å². The van der Waals surface area contributed by atoms with Crippen molar-refractivity contribution in [1.82, 2.24) is 15.1 Å². The van der Waals surface area contributed by atoms with Crippen molar-refractivity contribution in [2.24, 2.45) is 5.92 Å². The molecule has 0 saturated heterocycles. The summed E-state index contributed by atoms with van der Waals surface area (Å²) in [6.45, 7) is 9.38. The fourth-order valence-corrected chi connectivity index (χ4v) is 1.23. The van der Waals surface area contributed by atoms with E-state index >= 15 is 0 Å². The van der Waals surface area contributed by atoms with E-state index < -0.39 is 0 Å². The Morgan fingerprint density at radius 3 is 2.92 bits per heavy atom. The fourth-order valence-electron chi connectivity index (χ4n) is 1.23. The van der Waals surface area contributed by atoms with Gasteiger partial charge in [0.2, 0.25) is 0 Å². The average molecular weight is 181 g/mol. The van der Waals surface area contributed by atoms with Gasteiger partial charge in [0, 0.05) is 19.3 Å². The zero-order chi connectivity index (χ0) is 9.68. The van der Waals surface area contributed by atoms with E-state index in [1.165, 1.54) is 0 Å². The molecule has 0 aromatic carbocycles. The van der Waals surface area contributed by atoms with Gasteiger partial charge in [-0.25, -0.2) is 0 Å². The van der Waals surface area contributed by atoms with Gasteiger partial charge in [-0.05, 0) is 18.5 Å². The Kier molecular flexibility index (Phi) is 3.96. The average Bonchev–Trinajstić information content (AvgIpc) is 2.48. The molecule has 0 aliphatic rings. The molecule has 74 valence electrons. The fraction of sp³-hybridized carbons (Fsp3) is 0.700. The first kappa shape index (κ1) is 10.3. The van der Waals surface area contributed by atoms with E-state index in [1.807, 2.05) is 10.9 Å². The third-order valence-electron chi connectivity index (χ3n) is 1.80. The monoisotopic (exact) mass is 181 g/mol. The van der Waals surface area contributed by atoms with Crippen LogP contribution in [0.1, 0.15) is 26.5 Å². The van der Waals surface area contributed by atoms with Gasteiger partial charge in [-0.2, -0.15) is 5.10 Å². The lowest BCUT2D eigenvalue weighted by Gasteiger charge is -2.03. The molecule has 0 saturated carbocycles. The van der Waals surface area contributed by atoms with Crippen LogP contribution in [0, 0.1) is 5.92 Å². The number of hydrogen-bond donors (Lipinski definition) is 1. The molecule has 3 nitrogen and oxygen atoms in total. The van der Waals surface area contributed by atoms with Crippen molar-refractivity contribution in [2.75, 3.05) is 6.54 Å². The molecule has 1 N–H and O–H groups in total. The number of aromatic nitrogens is 2. The second kappa shape index (κ2) is 5.02. The third-order valence-corrected chi connectivity index (χ3v) is 1.80. The van der Waals surface area contributed by atoms with Gasteiger partial charge in [-0.3, -0.25) is 4.68 Å². The molecule has 0 amide bonds. The quantitative estimate of drug-likeness (QED) is 0.748. The molecular weight excluding hydrogens is 162 g/mol. The van der Waals surface area contributed by atoms with Gasteiger partial charge in [0.05, 0.1) is 5.69 Å². The van der Waals surface area contributed by atoms with E-state index in [2.05, 4.69) is 37.3 Å². The highest BCUT2D eigenvalue weighted by Gasteiger charge is 1.99. The van der Waals surface area contributed by atoms with Crippen molar-refractivity contribution in [2.45, 2.75) is 33.9 Å². The maximum atomic E-state index is 4.44. The van der Waals surface area contributed by atoms with Gasteiger partial charge in [-0.15, -0.1) is 0 Å². The summed E-state index contributed by atoms with van der Waals surface area (Å²) in [6.07, 6.45) is 2.05. The molecule has 0 spiro atoms. The molecule has 1 aromatic rings. The lowest BCUT2D eigenvalue weighted by Crippen LogP contribution is -2.13. The zero-order valence-electron chi connectivity index (χ0n) is 8.75. The zero-order valence-corrected chi connectivity index (χ0v) is 8.75. The first-order valence-corrected chi connectivity index (χ1v) is 4.95. The Morgan fingerprint density at radius 2 is 2.31 bits per heavy atom. The van der Waals surface area contributed by atoms with Crippen LogP contribution in [0.2, 0.25) is 0 Å². The minimum atomic E-state index is 0.659. The molecule has 0 fully saturated rings. The van der Waals surface area contributed by atoms with Gasteiger partial charge in [0.15, 0.2) is 0 Å². The lowest BCUT2D eigenvalue weighted by molar-refractivity contribution is 0.478. The van der Waals surface area contributed by atoms with E-state index in [0.717, 1.165) is 25.3 Å². The van der Waals surface area contributed by atoms with Crippen LogP contribution in [0.25, 0.3) is 0 Å². The van der Waals surface area contributed by atoms with Gasteiger partial charge in [0.1, 0.15) is 0 Å². The highest BCUT2D eigenvalue weighted by molar-refractivity contribution is 4.98. The molecule has 1 aromatic heterocycles. The minimum absolute atomic E-state index is 0.659. The normalized spacial score (nSPS) is 11.1. The molecule has 0 radical (unpaired) electrons. The summed E-state index contributed by atoms with van der Waals surface area (Å²) in [6, 6.07) is 2.07. The van der Waals surface area contributed by atoms with Crippen LogP contribution >= 0.6 is 0 Å². The second-order valence-corrected chi connectivity index (χ2v) is 3.70. The van der Waals surface area contributed by atoms with Crippen LogP contribution < -0.4 is 5.32 Å². The maximum absolute atomic E-state index is 4.44. The van der Waals surface area contributed by atoms with Crippen molar-refractivity contribution in [3.05, 3.63) is 18.0 Å². The van der Waals surface area contributed by atoms with Crippen molar-refractivity contribution >= 4 is 0 Å². The van der Waals surface area contributed by atoms with E-state index in [9.17, 15) is 0 Å². The Hall–Kier alpha value is -0.830. The van der Waals surface area contributed by atoms with Gasteiger partial charge in [-0.1, -0.05) is 20.8 Å². The van der Waals surface area contributed by atoms with Crippen molar-refractivity contribution in [3.63, 3.8) is 0 Å². The molecule has 1 rings (SSSR count). The van der Waals surface area contributed by atoms with Crippen molar-refractivity contribution in [1.29, 1.82) is 0 Å². The summed E-state index contributed by atoms with van der Waals surface area (Å²) in [5, 5.41) is 7.70. The molecule has 0 bridgehead atoms. The Morgan fingerprint density at radius 1 is 1.54 bits per heavy atom. The maximum Gasteiger partial charge on any atom is 0.0762 e. The first-order valence-electron chi connectivity index (χ1n) is 4.95. The van der Waals surface area contributed by atoms with Gasteiger partial charge < -0.3 is 5.32 Å². The molecule has 0 atom stereocenters. The van der Waals surface area contributed by atoms with Crippen LogP contribution in [-0.2, 0) is 13.1 Å². The SMILES string of the molecule is CCNCc1ccn(CC(C)C)n1. The van der Waals surface area contributed by atoms with Gasteiger partial charge in [0.25, 0.3) is 0 Å². The first-order chi connectivity index (χ1) is 6.22. The number of rotatable bonds is 5. The smallest absolute Gasteiger partial charge is 0.0762 e. The topological polar surface area (TPSA) is 29.9 Å². The molecule has 3 heteroatoms. The van der Waals surface area contributed by atoms with Gasteiger partial charge >= 0.3 is 0 Å². The van der Waals surface area contributed by atoms with E-state index in [4.69, 9.17) is 0 Å². The summed E-state index contributed by atoms with van der Waals surface area (Å²) in [5.74, 6) is 0.659. The molecule has 1 heterocycles. The summed E-state index contributed by atoms with van der Waals surface area (Å²) < 4.78 is 2.01. The highest BCUT2D eigenvalue weighted by Crippen LogP contribution is 2.00. The molecule has 13 heavy (non-hydrogen) atoms. The number of nitrogens with one attached hydrogen (secondary N) is 1. The standard InChI is InChI=1S/C10H19N3/c1-4-11-7-10-5-6-13(12-10)8-9(2)3/h5-6,9,11H,4,7-8H2,1-3H3. The minimum Gasteiger partial charge on any atom is -0.311 e.